The summed E-state index contributed by atoms with van der Waals surface area (Å²) in [7, 11) is 0. The minimum Gasteiger partial charge on any atom is -0.399 e. The van der Waals surface area contributed by atoms with Crippen molar-refractivity contribution in [3.05, 3.63) is 53.3 Å². The highest BCUT2D eigenvalue weighted by atomic mass is 16.1. The van der Waals surface area contributed by atoms with Crippen LogP contribution in [-0.2, 0) is 0 Å². The van der Waals surface area contributed by atoms with Gasteiger partial charge >= 0.3 is 0 Å². The van der Waals surface area contributed by atoms with Crippen molar-refractivity contribution in [1.82, 2.24) is 4.98 Å². The van der Waals surface area contributed by atoms with Crippen molar-refractivity contribution in [3.63, 3.8) is 0 Å². The summed E-state index contributed by atoms with van der Waals surface area (Å²) in [5, 5.41) is 2.86. The molecule has 2 rings (SSSR count). The second kappa shape index (κ2) is 4.87. The number of nitrogens with one attached hydrogen (secondary N) is 1. The van der Waals surface area contributed by atoms with Crippen LogP contribution >= 0.6 is 0 Å². The van der Waals surface area contributed by atoms with E-state index in [1.807, 2.05) is 32.0 Å². The molecule has 1 amide bonds. The van der Waals surface area contributed by atoms with Crippen molar-refractivity contribution >= 4 is 17.3 Å². The topological polar surface area (TPSA) is 68.0 Å². The van der Waals surface area contributed by atoms with Crippen molar-refractivity contribution in [1.29, 1.82) is 0 Å². The molecule has 3 N–H and O–H groups in total. The zero-order valence-electron chi connectivity index (χ0n) is 10.4. The first-order chi connectivity index (χ1) is 8.58. The van der Waals surface area contributed by atoms with Crippen molar-refractivity contribution in [2.24, 2.45) is 0 Å². The number of carbonyl (C=O) groups excluding carboxylic acids is 1. The molecule has 92 valence electrons. The zero-order valence-corrected chi connectivity index (χ0v) is 10.4. The Morgan fingerprint density at radius 2 is 1.89 bits per heavy atom. The Labute approximate surface area is 106 Å². The maximum atomic E-state index is 12.0. The molecule has 2 aromatic rings. The van der Waals surface area contributed by atoms with E-state index >= 15 is 0 Å². The smallest absolute Gasteiger partial charge is 0.274 e. The lowest BCUT2D eigenvalue weighted by atomic mass is 10.1. The third-order valence-corrected chi connectivity index (χ3v) is 2.74. The average molecular weight is 241 g/mol. The monoisotopic (exact) mass is 241 g/mol. The predicted octanol–water partition coefficient (Wildman–Crippen LogP) is 2.53. The van der Waals surface area contributed by atoms with Gasteiger partial charge in [0.1, 0.15) is 5.69 Å². The number of rotatable bonds is 2. The lowest BCUT2D eigenvalue weighted by Crippen LogP contribution is -2.15. The maximum Gasteiger partial charge on any atom is 0.274 e. The minimum atomic E-state index is -0.250. The largest absolute Gasteiger partial charge is 0.399 e. The second-order valence-electron chi connectivity index (χ2n) is 4.20. The molecule has 0 saturated carbocycles. The molecular weight excluding hydrogens is 226 g/mol. The van der Waals surface area contributed by atoms with Crippen molar-refractivity contribution in [2.45, 2.75) is 13.8 Å². The van der Waals surface area contributed by atoms with Gasteiger partial charge in [-0.3, -0.25) is 9.78 Å². The molecule has 1 aromatic carbocycles. The van der Waals surface area contributed by atoms with E-state index < -0.39 is 0 Å². The number of nitrogen functional groups attached to an aromatic ring is 1. The van der Waals surface area contributed by atoms with E-state index in [1.165, 1.54) is 6.20 Å². The summed E-state index contributed by atoms with van der Waals surface area (Å²) in [6.45, 7) is 3.91. The molecule has 0 fully saturated rings. The van der Waals surface area contributed by atoms with Gasteiger partial charge in [0.2, 0.25) is 0 Å². The number of para-hydroxylation sites is 1. The molecule has 0 spiro atoms. The lowest BCUT2D eigenvalue weighted by molar-refractivity contribution is 0.102. The van der Waals surface area contributed by atoms with Crippen LogP contribution in [0.5, 0.6) is 0 Å². The summed E-state index contributed by atoms with van der Waals surface area (Å²) in [5.41, 5.74) is 9.34. The van der Waals surface area contributed by atoms with Crippen LogP contribution in [0.3, 0.4) is 0 Å². The Hall–Kier alpha value is -2.36. The van der Waals surface area contributed by atoms with Gasteiger partial charge in [-0.15, -0.1) is 0 Å². The molecule has 1 heterocycles. The van der Waals surface area contributed by atoms with Crippen LogP contribution in [-0.4, -0.2) is 10.9 Å². The molecule has 0 saturated heterocycles. The molecule has 0 radical (unpaired) electrons. The number of hydrogen-bond donors (Lipinski definition) is 2. The van der Waals surface area contributed by atoms with Crippen LogP contribution in [0.2, 0.25) is 0 Å². The molecule has 18 heavy (non-hydrogen) atoms. The highest BCUT2D eigenvalue weighted by molar-refractivity contribution is 6.04. The van der Waals surface area contributed by atoms with Gasteiger partial charge in [-0.1, -0.05) is 18.2 Å². The fourth-order valence-corrected chi connectivity index (χ4v) is 1.76. The van der Waals surface area contributed by atoms with E-state index in [1.54, 1.807) is 12.1 Å². The molecule has 4 heteroatoms. The molecule has 0 aliphatic heterocycles. The molecule has 1 aromatic heterocycles. The highest BCUT2D eigenvalue weighted by Gasteiger charge is 2.10. The Morgan fingerprint density at radius 3 is 2.50 bits per heavy atom. The number of aryl methyl sites for hydroxylation is 2. The van der Waals surface area contributed by atoms with Gasteiger partial charge < -0.3 is 11.1 Å². The summed E-state index contributed by atoms with van der Waals surface area (Å²) >= 11 is 0. The summed E-state index contributed by atoms with van der Waals surface area (Å²) in [4.78, 5) is 16.0. The number of aromatic nitrogens is 1. The van der Waals surface area contributed by atoms with Crippen molar-refractivity contribution < 1.29 is 4.79 Å². The molecule has 0 bridgehead atoms. The molecule has 0 unspecified atom stereocenters. The van der Waals surface area contributed by atoms with Crippen LogP contribution in [0.25, 0.3) is 0 Å². The number of amides is 1. The molecule has 4 nitrogen and oxygen atoms in total. The summed E-state index contributed by atoms with van der Waals surface area (Å²) in [5.74, 6) is -0.250. The van der Waals surface area contributed by atoms with Gasteiger partial charge in [0.25, 0.3) is 5.91 Å². The first-order valence-corrected chi connectivity index (χ1v) is 5.67. The average Bonchev–Trinajstić information content (AvgIpc) is 2.34. The standard InChI is InChI=1S/C14H15N3O/c1-9-4-3-5-10(2)13(9)17-14(18)12-8-11(15)6-7-16-12/h3-8H,1-2H3,(H2,15,16)(H,17,18). The van der Waals surface area contributed by atoms with Gasteiger partial charge in [-0.2, -0.15) is 0 Å². The van der Waals surface area contributed by atoms with Gasteiger partial charge in [-0.05, 0) is 37.1 Å². The van der Waals surface area contributed by atoms with Crippen LogP contribution in [0, 0.1) is 13.8 Å². The van der Waals surface area contributed by atoms with Crippen LogP contribution in [0.4, 0.5) is 11.4 Å². The first-order valence-electron chi connectivity index (χ1n) is 5.67. The maximum absolute atomic E-state index is 12.0. The fourth-order valence-electron chi connectivity index (χ4n) is 1.76. The Balaban J connectivity index is 2.27. The van der Waals surface area contributed by atoms with Gasteiger partial charge in [0.15, 0.2) is 0 Å². The van der Waals surface area contributed by atoms with Gasteiger partial charge in [-0.25, -0.2) is 0 Å². The molecule has 0 aliphatic carbocycles. The van der Waals surface area contributed by atoms with E-state index in [-0.39, 0.29) is 5.91 Å². The first kappa shape index (κ1) is 12.1. The Morgan fingerprint density at radius 1 is 1.22 bits per heavy atom. The van der Waals surface area contributed by atoms with E-state index in [0.29, 0.717) is 11.4 Å². The zero-order chi connectivity index (χ0) is 13.1. The van der Waals surface area contributed by atoms with Crippen LogP contribution in [0.1, 0.15) is 21.6 Å². The highest BCUT2D eigenvalue weighted by Crippen LogP contribution is 2.20. The SMILES string of the molecule is Cc1cccc(C)c1NC(=O)c1cc(N)ccn1. The summed E-state index contributed by atoms with van der Waals surface area (Å²) in [6, 6.07) is 9.07. The van der Waals surface area contributed by atoms with E-state index in [4.69, 9.17) is 5.73 Å². The van der Waals surface area contributed by atoms with E-state index in [0.717, 1.165) is 16.8 Å². The fraction of sp³-hybridized carbons (Fsp3) is 0.143. The molecule has 0 aliphatic rings. The minimum absolute atomic E-state index is 0.250. The van der Waals surface area contributed by atoms with Crippen LogP contribution < -0.4 is 11.1 Å². The third-order valence-electron chi connectivity index (χ3n) is 2.74. The molecular formula is C14H15N3O. The number of nitrogens with zero attached hydrogens (tertiary/aromatic N) is 1. The normalized spacial score (nSPS) is 10.1. The summed E-state index contributed by atoms with van der Waals surface area (Å²) < 4.78 is 0. The predicted molar refractivity (Wildman–Crippen MR) is 72.5 cm³/mol. The van der Waals surface area contributed by atoms with Gasteiger partial charge in [0.05, 0.1) is 0 Å². The quantitative estimate of drug-likeness (QED) is 0.849. The van der Waals surface area contributed by atoms with Crippen molar-refractivity contribution in [2.75, 3.05) is 11.1 Å². The number of benzene rings is 1. The number of pyridine rings is 1. The number of carbonyl (C=O) groups is 1. The number of hydrogen-bond acceptors (Lipinski definition) is 3. The third kappa shape index (κ3) is 2.48. The van der Waals surface area contributed by atoms with Crippen LogP contribution in [0.15, 0.2) is 36.5 Å². The van der Waals surface area contributed by atoms with E-state index in [9.17, 15) is 4.79 Å². The second-order valence-corrected chi connectivity index (χ2v) is 4.20. The lowest BCUT2D eigenvalue weighted by Gasteiger charge is -2.11. The number of nitrogens with two attached hydrogens (primary N) is 1. The molecule has 0 atom stereocenters. The number of anilines is 2. The van der Waals surface area contributed by atoms with Crippen molar-refractivity contribution in [3.8, 4) is 0 Å². The Kier molecular flexibility index (Phi) is 3.28. The Bertz CT molecular complexity index is 573. The van der Waals surface area contributed by atoms with E-state index in [2.05, 4.69) is 10.3 Å². The van der Waals surface area contributed by atoms with Gasteiger partial charge in [0, 0.05) is 17.6 Å². The summed E-state index contributed by atoms with van der Waals surface area (Å²) in [6.07, 6.45) is 1.52.